The Hall–Kier alpha value is -1.04. The lowest BCUT2D eigenvalue weighted by atomic mass is 10.1. The van der Waals surface area contributed by atoms with Crippen LogP contribution in [0.2, 0.25) is 0 Å². The maximum atomic E-state index is 13.8. The fraction of sp³-hybridized carbons (Fsp3) is 0.467. The van der Waals surface area contributed by atoms with Gasteiger partial charge in [0.1, 0.15) is 11.6 Å². The molecule has 1 aromatic carbocycles. The first kappa shape index (κ1) is 15.4. The molecule has 0 saturated carbocycles. The highest BCUT2D eigenvalue weighted by Gasteiger charge is 2.16. The fourth-order valence-electron chi connectivity index (χ4n) is 2.14. The topological polar surface area (TPSA) is 21.3 Å². The molecule has 1 N–H and O–H groups in total. The van der Waals surface area contributed by atoms with Crippen molar-refractivity contribution in [3.8, 4) is 0 Å². The van der Waals surface area contributed by atoms with Gasteiger partial charge >= 0.3 is 0 Å². The molecule has 0 amide bonds. The maximum Gasteiger partial charge on any atom is 0.143 e. The molecular formula is C15H19F2NOS. The first-order valence-electron chi connectivity index (χ1n) is 6.61. The molecule has 1 aromatic heterocycles. The van der Waals surface area contributed by atoms with Gasteiger partial charge in [-0.2, -0.15) is 0 Å². The van der Waals surface area contributed by atoms with Crippen LogP contribution in [0, 0.1) is 17.6 Å². The number of halogens is 2. The molecule has 1 heterocycles. The van der Waals surface area contributed by atoms with Crippen LogP contribution in [0.15, 0.2) is 12.1 Å². The van der Waals surface area contributed by atoms with Crippen LogP contribution in [0.5, 0.6) is 0 Å². The zero-order valence-electron chi connectivity index (χ0n) is 11.9. The third-order valence-electron chi connectivity index (χ3n) is 3.02. The summed E-state index contributed by atoms with van der Waals surface area (Å²) in [6.45, 7) is 6.16. The Morgan fingerprint density at radius 2 is 2.05 bits per heavy atom. The summed E-state index contributed by atoms with van der Waals surface area (Å²) in [5.41, 5.74) is 0.877. The van der Waals surface area contributed by atoms with E-state index in [9.17, 15) is 8.78 Å². The number of fused-ring (bicyclic) bond motifs is 1. The number of ether oxygens (including phenoxy) is 1. The van der Waals surface area contributed by atoms with E-state index in [4.69, 9.17) is 4.74 Å². The lowest BCUT2D eigenvalue weighted by Crippen LogP contribution is -2.19. The first-order valence-corrected chi connectivity index (χ1v) is 7.43. The van der Waals surface area contributed by atoms with E-state index in [1.807, 2.05) is 0 Å². The number of benzene rings is 1. The van der Waals surface area contributed by atoms with Gasteiger partial charge in [0.05, 0.1) is 11.3 Å². The monoisotopic (exact) mass is 299 g/mol. The minimum absolute atomic E-state index is 0.363. The maximum absolute atomic E-state index is 13.8. The number of hydrogen-bond donors (Lipinski definition) is 1. The summed E-state index contributed by atoms with van der Waals surface area (Å²) in [7, 11) is 1.59. The van der Waals surface area contributed by atoms with Crippen molar-refractivity contribution in [3.05, 3.63) is 34.2 Å². The first-order chi connectivity index (χ1) is 9.52. The molecule has 0 saturated heterocycles. The molecule has 0 aliphatic rings. The van der Waals surface area contributed by atoms with Crippen molar-refractivity contribution in [3.63, 3.8) is 0 Å². The van der Waals surface area contributed by atoms with E-state index in [0.717, 1.165) is 23.1 Å². The highest BCUT2D eigenvalue weighted by atomic mass is 32.1. The predicted octanol–water partition coefficient (Wildman–Crippen LogP) is 4.07. The number of nitrogens with one attached hydrogen (secondary N) is 1. The Morgan fingerprint density at radius 1 is 1.30 bits per heavy atom. The molecular weight excluding hydrogens is 280 g/mol. The van der Waals surface area contributed by atoms with E-state index in [-0.39, 0.29) is 0 Å². The second-order valence-corrected chi connectivity index (χ2v) is 6.33. The summed E-state index contributed by atoms with van der Waals surface area (Å²) in [6, 6.07) is 2.32. The third-order valence-corrected chi connectivity index (χ3v) is 4.28. The van der Waals surface area contributed by atoms with Crippen LogP contribution >= 0.6 is 11.3 Å². The average Bonchev–Trinajstić information content (AvgIpc) is 2.69. The lowest BCUT2D eigenvalue weighted by Gasteiger charge is -2.08. The van der Waals surface area contributed by atoms with Crippen LogP contribution < -0.4 is 5.32 Å². The van der Waals surface area contributed by atoms with E-state index in [0.29, 0.717) is 29.2 Å². The largest absolute Gasteiger partial charge is 0.380 e. The molecule has 0 bridgehead atoms. The predicted molar refractivity (Wildman–Crippen MR) is 79.0 cm³/mol. The van der Waals surface area contributed by atoms with Crippen LogP contribution in [0.1, 0.15) is 24.3 Å². The Labute approximate surface area is 121 Å². The number of thiophene rings is 1. The zero-order chi connectivity index (χ0) is 14.7. The van der Waals surface area contributed by atoms with Gasteiger partial charge in [-0.05, 0) is 18.5 Å². The Kier molecular flexibility index (Phi) is 5.07. The fourth-order valence-corrected chi connectivity index (χ4v) is 3.30. The van der Waals surface area contributed by atoms with Crippen molar-refractivity contribution in [1.29, 1.82) is 0 Å². The highest BCUT2D eigenvalue weighted by molar-refractivity contribution is 7.19. The van der Waals surface area contributed by atoms with Gasteiger partial charge in [0.15, 0.2) is 0 Å². The average molecular weight is 299 g/mol. The van der Waals surface area contributed by atoms with E-state index in [1.165, 1.54) is 17.4 Å². The van der Waals surface area contributed by atoms with Crippen molar-refractivity contribution in [2.45, 2.75) is 27.0 Å². The van der Waals surface area contributed by atoms with Gasteiger partial charge < -0.3 is 10.1 Å². The minimum Gasteiger partial charge on any atom is -0.380 e. The Balaban J connectivity index is 2.37. The normalized spacial score (nSPS) is 11.7. The summed E-state index contributed by atoms with van der Waals surface area (Å²) in [6.07, 6.45) is 0. The van der Waals surface area contributed by atoms with Crippen LogP contribution in [0.4, 0.5) is 8.78 Å². The van der Waals surface area contributed by atoms with Gasteiger partial charge in [0.25, 0.3) is 0 Å². The summed E-state index contributed by atoms with van der Waals surface area (Å²) in [5.74, 6) is -0.506. The van der Waals surface area contributed by atoms with Crippen molar-refractivity contribution in [2.75, 3.05) is 13.7 Å². The molecule has 5 heteroatoms. The van der Waals surface area contributed by atoms with Crippen LogP contribution in [-0.4, -0.2) is 13.7 Å². The van der Waals surface area contributed by atoms with E-state index in [1.54, 1.807) is 7.11 Å². The molecule has 0 spiro atoms. The Morgan fingerprint density at radius 3 is 2.70 bits per heavy atom. The molecule has 0 fully saturated rings. The van der Waals surface area contributed by atoms with Gasteiger partial charge in [-0.3, -0.25) is 0 Å². The molecule has 0 unspecified atom stereocenters. The van der Waals surface area contributed by atoms with Crippen LogP contribution in [-0.2, 0) is 17.9 Å². The van der Waals surface area contributed by atoms with Crippen LogP contribution in [0.25, 0.3) is 10.1 Å². The minimum atomic E-state index is -0.549. The van der Waals surface area contributed by atoms with Gasteiger partial charge in [-0.25, -0.2) is 8.78 Å². The standard InChI is InChI=1S/C15H19F2NOS/c1-9(2)6-18-7-14-12(8-19-3)11-4-10(16)5-13(17)15(11)20-14/h4-5,9,18H,6-8H2,1-3H3. The van der Waals surface area contributed by atoms with Crippen LogP contribution in [0.3, 0.4) is 0 Å². The molecule has 0 atom stereocenters. The molecule has 0 aliphatic heterocycles. The molecule has 0 aliphatic carbocycles. The van der Waals surface area contributed by atoms with Crippen molar-refractivity contribution in [2.24, 2.45) is 5.92 Å². The molecule has 0 radical (unpaired) electrons. The molecule has 20 heavy (non-hydrogen) atoms. The SMILES string of the molecule is COCc1c(CNCC(C)C)sc2c(F)cc(F)cc12. The summed E-state index contributed by atoms with van der Waals surface area (Å²) in [5, 5.41) is 3.95. The van der Waals surface area contributed by atoms with Crippen molar-refractivity contribution in [1.82, 2.24) is 5.32 Å². The zero-order valence-corrected chi connectivity index (χ0v) is 12.7. The van der Waals surface area contributed by atoms with E-state index >= 15 is 0 Å². The van der Waals surface area contributed by atoms with Crippen molar-refractivity contribution < 1.29 is 13.5 Å². The Bertz CT molecular complexity index is 595. The number of rotatable bonds is 6. The van der Waals surface area contributed by atoms with E-state index in [2.05, 4.69) is 19.2 Å². The van der Waals surface area contributed by atoms with Gasteiger partial charge in [-0.15, -0.1) is 11.3 Å². The van der Waals surface area contributed by atoms with E-state index < -0.39 is 11.6 Å². The summed E-state index contributed by atoms with van der Waals surface area (Å²) < 4.78 is 32.9. The smallest absolute Gasteiger partial charge is 0.143 e. The molecule has 2 rings (SSSR count). The second kappa shape index (κ2) is 6.61. The van der Waals surface area contributed by atoms with Gasteiger partial charge in [-0.1, -0.05) is 13.8 Å². The molecule has 2 aromatic rings. The van der Waals surface area contributed by atoms with Gasteiger partial charge in [0, 0.05) is 35.5 Å². The molecule has 2 nitrogen and oxygen atoms in total. The third kappa shape index (κ3) is 3.34. The quantitative estimate of drug-likeness (QED) is 0.868. The highest BCUT2D eigenvalue weighted by Crippen LogP contribution is 2.34. The summed E-state index contributed by atoms with van der Waals surface area (Å²) in [4.78, 5) is 1.01. The second-order valence-electron chi connectivity index (χ2n) is 5.23. The van der Waals surface area contributed by atoms with Crippen molar-refractivity contribution >= 4 is 21.4 Å². The summed E-state index contributed by atoms with van der Waals surface area (Å²) >= 11 is 1.37. The molecule has 110 valence electrons. The number of methoxy groups -OCH3 is 1. The number of hydrogen-bond acceptors (Lipinski definition) is 3. The lowest BCUT2D eigenvalue weighted by molar-refractivity contribution is 0.185. The van der Waals surface area contributed by atoms with Gasteiger partial charge in [0.2, 0.25) is 0 Å².